The Labute approximate surface area is 133 Å². The Kier molecular flexibility index (Phi) is 5.36. The van der Waals surface area contributed by atoms with Crippen LogP contribution in [0.15, 0.2) is 16.6 Å². The Morgan fingerprint density at radius 1 is 1.29 bits per heavy atom. The maximum absolute atomic E-state index is 5.92. The van der Waals surface area contributed by atoms with E-state index in [0.29, 0.717) is 13.2 Å². The van der Waals surface area contributed by atoms with Gasteiger partial charge in [0, 0.05) is 18.8 Å². The molecular formula is C15H21BrN4O. The topological polar surface area (TPSA) is 66.0 Å². The van der Waals surface area contributed by atoms with Crippen LogP contribution in [0.25, 0.3) is 0 Å². The first kappa shape index (κ1) is 16.0. The van der Waals surface area contributed by atoms with Gasteiger partial charge in [-0.15, -0.1) is 0 Å². The maximum atomic E-state index is 5.92. The third-order valence-electron chi connectivity index (χ3n) is 3.32. The molecule has 0 aliphatic carbocycles. The Hall–Kier alpha value is -1.40. The largest absolute Gasteiger partial charge is 0.485 e. The molecule has 0 aliphatic heterocycles. The van der Waals surface area contributed by atoms with E-state index in [-0.39, 0.29) is 0 Å². The summed E-state index contributed by atoms with van der Waals surface area (Å²) in [5, 5.41) is 4.57. The first-order chi connectivity index (χ1) is 10.1. The van der Waals surface area contributed by atoms with Gasteiger partial charge in [-0.25, -0.2) is 0 Å². The quantitative estimate of drug-likeness (QED) is 0.867. The van der Waals surface area contributed by atoms with Crippen LogP contribution in [-0.4, -0.2) is 14.8 Å². The van der Waals surface area contributed by atoms with E-state index in [1.54, 1.807) is 0 Å². The van der Waals surface area contributed by atoms with Gasteiger partial charge in [0.25, 0.3) is 0 Å². The number of rotatable bonds is 6. The van der Waals surface area contributed by atoms with Gasteiger partial charge in [0.15, 0.2) is 0 Å². The minimum Gasteiger partial charge on any atom is -0.485 e. The van der Waals surface area contributed by atoms with Crippen LogP contribution in [0, 0.1) is 6.92 Å². The van der Waals surface area contributed by atoms with Crippen molar-refractivity contribution in [1.82, 2.24) is 14.8 Å². The predicted octanol–water partition coefficient (Wildman–Crippen LogP) is 2.97. The first-order valence-electron chi connectivity index (χ1n) is 7.14. The summed E-state index contributed by atoms with van der Waals surface area (Å²) >= 11 is 3.62. The van der Waals surface area contributed by atoms with Crippen LogP contribution in [0.5, 0.6) is 5.75 Å². The Bertz CT molecular complexity index is 624. The number of aryl methyl sites for hydroxylation is 3. The summed E-state index contributed by atoms with van der Waals surface area (Å²) in [6.07, 6.45) is 0.890. The molecule has 2 aromatic rings. The van der Waals surface area contributed by atoms with E-state index in [9.17, 15) is 0 Å². The van der Waals surface area contributed by atoms with Crippen molar-refractivity contribution < 1.29 is 4.74 Å². The molecule has 6 heteroatoms. The summed E-state index contributed by atoms with van der Waals surface area (Å²) in [4.78, 5) is 4.41. The summed E-state index contributed by atoms with van der Waals surface area (Å²) in [5.74, 6) is 0.733. The molecule has 0 spiro atoms. The molecule has 0 bridgehead atoms. The number of halogens is 1. The molecule has 2 aromatic heterocycles. The SMILES string of the molecule is CCc1nn(CC)c(COc2ccc(C)nc2CN)c1Br. The van der Waals surface area contributed by atoms with Crippen LogP contribution in [-0.2, 0) is 26.1 Å². The van der Waals surface area contributed by atoms with Crippen LogP contribution >= 0.6 is 15.9 Å². The summed E-state index contributed by atoms with van der Waals surface area (Å²) in [5.41, 5.74) is 9.55. The van der Waals surface area contributed by atoms with Crippen molar-refractivity contribution in [2.75, 3.05) is 0 Å². The molecule has 114 valence electrons. The number of hydrogen-bond donors (Lipinski definition) is 1. The van der Waals surface area contributed by atoms with E-state index in [0.717, 1.165) is 46.0 Å². The highest BCUT2D eigenvalue weighted by molar-refractivity contribution is 9.10. The Morgan fingerprint density at radius 3 is 2.67 bits per heavy atom. The summed E-state index contributed by atoms with van der Waals surface area (Å²) in [6.45, 7) is 7.73. The second-order valence-corrected chi connectivity index (χ2v) is 5.56. The minimum atomic E-state index is 0.367. The standard InChI is InChI=1S/C15H21BrN4O/c1-4-11-15(16)13(20(5-2)19-11)9-21-14-7-6-10(3)18-12(14)8-17/h6-7H,4-5,8-9,17H2,1-3H3. The van der Waals surface area contributed by atoms with Crippen LogP contribution in [0.2, 0.25) is 0 Å². The van der Waals surface area contributed by atoms with Gasteiger partial charge in [-0.1, -0.05) is 6.92 Å². The van der Waals surface area contributed by atoms with Crippen molar-refractivity contribution >= 4 is 15.9 Å². The van der Waals surface area contributed by atoms with Crippen molar-refractivity contribution in [2.45, 2.75) is 46.9 Å². The van der Waals surface area contributed by atoms with Gasteiger partial charge in [0.1, 0.15) is 12.4 Å². The molecule has 0 saturated carbocycles. The van der Waals surface area contributed by atoms with Gasteiger partial charge < -0.3 is 10.5 Å². The van der Waals surface area contributed by atoms with E-state index in [1.165, 1.54) is 0 Å². The molecule has 21 heavy (non-hydrogen) atoms. The molecule has 0 atom stereocenters. The van der Waals surface area contributed by atoms with Crippen molar-refractivity contribution in [3.05, 3.63) is 39.4 Å². The lowest BCUT2D eigenvalue weighted by atomic mass is 10.3. The second kappa shape index (κ2) is 7.04. The molecule has 5 nitrogen and oxygen atoms in total. The Morgan fingerprint density at radius 2 is 2.05 bits per heavy atom. The van der Waals surface area contributed by atoms with Crippen molar-refractivity contribution in [3.8, 4) is 5.75 Å². The average Bonchev–Trinajstić information content (AvgIpc) is 2.81. The van der Waals surface area contributed by atoms with Crippen molar-refractivity contribution in [2.24, 2.45) is 5.73 Å². The highest BCUT2D eigenvalue weighted by Gasteiger charge is 2.15. The van der Waals surface area contributed by atoms with Gasteiger partial charge in [-0.05, 0) is 48.3 Å². The molecule has 2 rings (SSSR count). The zero-order valence-corrected chi connectivity index (χ0v) is 14.3. The number of pyridine rings is 1. The van der Waals surface area contributed by atoms with Crippen molar-refractivity contribution in [1.29, 1.82) is 0 Å². The number of nitrogens with two attached hydrogens (primary N) is 1. The van der Waals surface area contributed by atoms with Gasteiger partial charge >= 0.3 is 0 Å². The summed E-state index contributed by atoms with van der Waals surface area (Å²) < 4.78 is 8.91. The number of aromatic nitrogens is 3. The van der Waals surface area contributed by atoms with Gasteiger partial charge in [0.2, 0.25) is 0 Å². The van der Waals surface area contributed by atoms with Gasteiger partial charge in [-0.3, -0.25) is 9.67 Å². The fourth-order valence-corrected chi connectivity index (χ4v) is 2.86. The first-order valence-corrected chi connectivity index (χ1v) is 7.93. The molecule has 0 saturated heterocycles. The van der Waals surface area contributed by atoms with Crippen LogP contribution in [0.1, 0.15) is 36.6 Å². The molecule has 0 radical (unpaired) electrons. The fraction of sp³-hybridized carbons (Fsp3) is 0.467. The van der Waals surface area contributed by atoms with Crippen LogP contribution in [0.3, 0.4) is 0 Å². The van der Waals surface area contributed by atoms with E-state index < -0.39 is 0 Å². The monoisotopic (exact) mass is 352 g/mol. The smallest absolute Gasteiger partial charge is 0.142 e. The molecule has 0 aliphatic rings. The second-order valence-electron chi connectivity index (χ2n) is 4.77. The number of nitrogens with zero attached hydrogens (tertiary/aromatic N) is 3. The summed E-state index contributed by atoms with van der Waals surface area (Å²) in [7, 11) is 0. The van der Waals surface area contributed by atoms with E-state index >= 15 is 0 Å². The molecule has 0 aromatic carbocycles. The molecule has 0 amide bonds. The molecule has 2 N–H and O–H groups in total. The number of hydrogen-bond acceptors (Lipinski definition) is 4. The predicted molar refractivity (Wildman–Crippen MR) is 86.2 cm³/mol. The third-order valence-corrected chi connectivity index (χ3v) is 4.24. The molecule has 2 heterocycles. The lowest BCUT2D eigenvalue weighted by Crippen LogP contribution is -2.09. The molecule has 0 fully saturated rings. The summed E-state index contributed by atoms with van der Waals surface area (Å²) in [6, 6.07) is 3.85. The van der Waals surface area contributed by atoms with Crippen LogP contribution in [0.4, 0.5) is 0 Å². The van der Waals surface area contributed by atoms with E-state index in [1.807, 2.05) is 23.7 Å². The molecular weight excluding hydrogens is 332 g/mol. The zero-order valence-electron chi connectivity index (χ0n) is 12.7. The van der Waals surface area contributed by atoms with Gasteiger partial charge in [0.05, 0.1) is 21.6 Å². The average molecular weight is 353 g/mol. The maximum Gasteiger partial charge on any atom is 0.142 e. The van der Waals surface area contributed by atoms with Crippen LogP contribution < -0.4 is 10.5 Å². The highest BCUT2D eigenvalue weighted by atomic mass is 79.9. The lowest BCUT2D eigenvalue weighted by molar-refractivity contribution is 0.287. The zero-order chi connectivity index (χ0) is 15.4. The minimum absolute atomic E-state index is 0.367. The van der Waals surface area contributed by atoms with Gasteiger partial charge in [-0.2, -0.15) is 5.10 Å². The Balaban J connectivity index is 2.22. The normalized spacial score (nSPS) is 10.9. The number of ether oxygens (including phenoxy) is 1. The lowest BCUT2D eigenvalue weighted by Gasteiger charge is -2.11. The van der Waals surface area contributed by atoms with Crippen molar-refractivity contribution in [3.63, 3.8) is 0 Å². The van der Waals surface area contributed by atoms with E-state index in [2.05, 4.69) is 39.9 Å². The third kappa shape index (κ3) is 3.44. The fourth-order valence-electron chi connectivity index (χ4n) is 2.18. The highest BCUT2D eigenvalue weighted by Crippen LogP contribution is 2.25. The molecule has 0 unspecified atom stereocenters. The van der Waals surface area contributed by atoms with E-state index in [4.69, 9.17) is 10.5 Å².